The van der Waals surface area contributed by atoms with Gasteiger partial charge in [-0.1, -0.05) is 39.3 Å². The summed E-state index contributed by atoms with van der Waals surface area (Å²) >= 11 is 0. The summed E-state index contributed by atoms with van der Waals surface area (Å²) in [4.78, 5) is 0. The summed E-state index contributed by atoms with van der Waals surface area (Å²) in [7, 11) is -1.72. The van der Waals surface area contributed by atoms with Crippen LogP contribution in [0.4, 0.5) is 0 Å². The summed E-state index contributed by atoms with van der Waals surface area (Å²) in [5.74, 6) is 0. The maximum absolute atomic E-state index is 3.91. The van der Waals surface area contributed by atoms with Crippen molar-refractivity contribution < 1.29 is 46.9 Å². The maximum Gasteiger partial charge on any atom is 2.00 e. The van der Waals surface area contributed by atoms with Gasteiger partial charge in [0.15, 0.2) is 0 Å². The third kappa shape index (κ3) is 310. The van der Waals surface area contributed by atoms with Gasteiger partial charge in [0.2, 0.25) is 0 Å². The summed E-state index contributed by atoms with van der Waals surface area (Å²) in [5.41, 5.74) is 0. The molecule has 0 aromatic heterocycles. The molecule has 0 aliphatic heterocycles. The van der Waals surface area contributed by atoms with Crippen LogP contribution in [0.2, 0.25) is 39.3 Å². The molecule has 0 aliphatic rings. The van der Waals surface area contributed by atoms with E-state index in [0.29, 0.717) is 0 Å². The Morgan fingerprint density at radius 1 is 0.636 bits per heavy atom. The fourth-order valence-corrected chi connectivity index (χ4v) is 0. The molecule has 0 atom stereocenters. The molecule has 0 fully saturated rings. The van der Waals surface area contributed by atoms with Crippen molar-refractivity contribution in [2.24, 2.45) is 0 Å². The molecule has 0 heterocycles. The van der Waals surface area contributed by atoms with Gasteiger partial charge in [0, 0.05) is 0 Å². The van der Waals surface area contributed by atoms with E-state index in [4.69, 9.17) is 0 Å². The predicted octanol–water partition coefficient (Wildman–Crippen LogP) is 3.40. The van der Waals surface area contributed by atoms with Gasteiger partial charge in [-0.3, -0.25) is 0 Å². The minimum atomic E-state index is -0.861. The van der Waals surface area contributed by atoms with Crippen LogP contribution in [0.25, 0.3) is 0 Å². The summed E-state index contributed by atoms with van der Waals surface area (Å²) < 4.78 is 0. The van der Waals surface area contributed by atoms with E-state index >= 15 is 0 Å². The van der Waals surface area contributed by atoms with Crippen LogP contribution in [0.5, 0.6) is 0 Å². The molecular weight excluding hydrogens is 325 g/mol. The van der Waals surface area contributed by atoms with Crippen molar-refractivity contribution in [3.8, 4) is 0 Å². The molecule has 76 valence electrons. The van der Waals surface area contributed by atoms with Crippen molar-refractivity contribution in [2.45, 2.75) is 39.3 Å². The molecule has 0 aliphatic carbocycles. The molecule has 0 N–H and O–H groups in total. The van der Waals surface area contributed by atoms with Crippen LogP contribution in [0.15, 0.2) is 0 Å². The third-order valence-corrected chi connectivity index (χ3v) is 0. The molecular formula is C8H22Si2Yb. The van der Waals surface area contributed by atoms with E-state index in [1.54, 1.807) is 0 Å². The Bertz CT molecular complexity index is 55.1. The normalized spacial score (nSPS) is 10.9. The Morgan fingerprint density at radius 3 is 0.636 bits per heavy atom. The standard InChI is InChI=1S/2C4H11Si.Yb/c2*1-5(2,3)4;/h2*1H2,2-4H3;/q2*-1;+2. The zero-order chi connectivity index (χ0) is 9.00. The first kappa shape index (κ1) is 18.7. The van der Waals surface area contributed by atoms with E-state index in [2.05, 4.69) is 52.4 Å². The number of rotatable bonds is 0. The van der Waals surface area contributed by atoms with E-state index in [1.807, 2.05) is 0 Å². The quantitative estimate of drug-likeness (QED) is 0.465. The van der Waals surface area contributed by atoms with Crippen molar-refractivity contribution in [1.82, 2.24) is 0 Å². The Morgan fingerprint density at radius 2 is 0.636 bits per heavy atom. The first-order valence-corrected chi connectivity index (χ1v) is 11.1. The van der Waals surface area contributed by atoms with Gasteiger partial charge >= 0.3 is 46.9 Å². The Labute approximate surface area is 114 Å². The minimum Gasteiger partial charge on any atom is -0.342 e. The van der Waals surface area contributed by atoms with Crippen molar-refractivity contribution in [1.29, 1.82) is 0 Å². The molecule has 0 saturated carbocycles. The smallest absolute Gasteiger partial charge is 0.342 e. The molecule has 11 heavy (non-hydrogen) atoms. The van der Waals surface area contributed by atoms with Gasteiger partial charge in [-0.15, -0.1) is 16.1 Å². The molecule has 0 amide bonds. The van der Waals surface area contributed by atoms with Crippen LogP contribution < -0.4 is 0 Å². The summed E-state index contributed by atoms with van der Waals surface area (Å²) in [6.07, 6.45) is 0. The predicted molar refractivity (Wildman–Crippen MR) is 57.4 cm³/mol. The van der Waals surface area contributed by atoms with Gasteiger partial charge in [-0.05, 0) is 0 Å². The third-order valence-electron chi connectivity index (χ3n) is 0. The first-order valence-electron chi connectivity index (χ1n) is 3.71. The molecule has 0 bridgehead atoms. The fraction of sp³-hybridized carbons (Fsp3) is 0.750. The van der Waals surface area contributed by atoms with Crippen molar-refractivity contribution >= 4 is 16.1 Å². The zero-order valence-corrected chi connectivity index (χ0v) is 12.4. The van der Waals surface area contributed by atoms with Crippen molar-refractivity contribution in [3.05, 3.63) is 13.1 Å². The number of hydrogen-bond donors (Lipinski definition) is 0. The minimum absolute atomic E-state index is 0. The van der Waals surface area contributed by atoms with Crippen molar-refractivity contribution in [3.63, 3.8) is 0 Å². The maximum atomic E-state index is 3.91. The molecule has 0 radical (unpaired) electrons. The van der Waals surface area contributed by atoms with Crippen LogP contribution >= 0.6 is 0 Å². The van der Waals surface area contributed by atoms with Crippen molar-refractivity contribution in [2.75, 3.05) is 0 Å². The second kappa shape index (κ2) is 7.37. The van der Waals surface area contributed by atoms with Gasteiger partial charge in [0.1, 0.15) is 0 Å². The molecule has 0 aromatic rings. The van der Waals surface area contributed by atoms with E-state index in [-0.39, 0.29) is 46.9 Å². The van der Waals surface area contributed by atoms with Gasteiger partial charge in [0.25, 0.3) is 0 Å². The fourth-order valence-electron chi connectivity index (χ4n) is 0. The Balaban J connectivity index is -0.000000107. The molecule has 0 aromatic carbocycles. The molecule has 3 heteroatoms. The van der Waals surface area contributed by atoms with E-state index in [9.17, 15) is 0 Å². The largest absolute Gasteiger partial charge is 2.00 e. The van der Waals surface area contributed by atoms with E-state index in [0.717, 1.165) is 0 Å². The average Bonchev–Trinajstić information content (AvgIpc) is 1.12. The van der Waals surface area contributed by atoms with Gasteiger partial charge in [-0.25, -0.2) is 0 Å². The monoisotopic (exact) mass is 348 g/mol. The first-order chi connectivity index (χ1) is 4.00. The van der Waals surface area contributed by atoms with Crippen LogP contribution in [0.3, 0.4) is 0 Å². The van der Waals surface area contributed by atoms with Crippen LogP contribution in [-0.2, 0) is 0 Å². The van der Waals surface area contributed by atoms with Crippen LogP contribution in [-0.4, -0.2) is 16.1 Å². The Hall–Kier alpha value is 1.95. The molecule has 0 saturated heterocycles. The van der Waals surface area contributed by atoms with E-state index in [1.165, 1.54) is 0 Å². The summed E-state index contributed by atoms with van der Waals surface area (Å²) in [6, 6.07) is 0. The second-order valence-corrected chi connectivity index (χ2v) is 15.4. The van der Waals surface area contributed by atoms with Crippen LogP contribution in [0.1, 0.15) is 0 Å². The van der Waals surface area contributed by atoms with Gasteiger partial charge in [-0.2, -0.15) is 0 Å². The van der Waals surface area contributed by atoms with Crippen LogP contribution in [0, 0.1) is 60.0 Å². The zero-order valence-electron chi connectivity index (χ0n) is 8.68. The SMILES string of the molecule is [CH2-][Si](C)(C)C.[CH2-][Si](C)(C)C.[Yb+2]. The second-order valence-electron chi connectivity index (χ2n) is 5.12. The number of hydrogen-bond acceptors (Lipinski definition) is 0. The van der Waals surface area contributed by atoms with Gasteiger partial charge < -0.3 is 13.1 Å². The summed E-state index contributed by atoms with van der Waals surface area (Å²) in [6.45, 7) is 21.1. The van der Waals surface area contributed by atoms with E-state index < -0.39 is 16.1 Å². The molecule has 0 spiro atoms. The topological polar surface area (TPSA) is 0 Å². The molecule has 0 rings (SSSR count). The summed E-state index contributed by atoms with van der Waals surface area (Å²) in [5, 5.41) is 0. The Kier molecular flexibility index (Phi) is 12.5. The molecule has 0 unspecified atom stereocenters. The average molecular weight is 347 g/mol. The molecule has 0 nitrogen and oxygen atoms in total. The van der Waals surface area contributed by atoms with Gasteiger partial charge in [0.05, 0.1) is 0 Å².